The van der Waals surface area contributed by atoms with Crippen molar-refractivity contribution in [1.82, 2.24) is 29.6 Å². The van der Waals surface area contributed by atoms with Crippen molar-refractivity contribution in [3.05, 3.63) is 94.4 Å². The normalized spacial score (nSPS) is 15.1. The maximum absolute atomic E-state index is 12.6. The zero-order valence-electron chi connectivity index (χ0n) is 18.7. The molecule has 9 nitrogen and oxygen atoms in total. The molecule has 0 unspecified atom stereocenters. The summed E-state index contributed by atoms with van der Waals surface area (Å²) >= 11 is 5.94. The number of fused-ring (bicyclic) bond motifs is 2. The van der Waals surface area contributed by atoms with Crippen LogP contribution in [0.5, 0.6) is 5.75 Å². The fraction of sp³-hybridized carbons (Fsp3) is 0.160. The minimum absolute atomic E-state index is 0.0751. The van der Waals surface area contributed by atoms with Gasteiger partial charge in [-0.3, -0.25) is 4.79 Å². The van der Waals surface area contributed by atoms with Gasteiger partial charge in [-0.05, 0) is 54.4 Å². The highest BCUT2D eigenvalue weighted by molar-refractivity contribution is 6.30. The van der Waals surface area contributed by atoms with Crippen LogP contribution >= 0.6 is 11.6 Å². The molecule has 10 heteroatoms. The number of hydrogen-bond acceptors (Lipinski definition) is 6. The van der Waals surface area contributed by atoms with E-state index in [4.69, 9.17) is 16.3 Å². The average molecular weight is 486 g/mol. The SMILES string of the molecule is Cc1nnc2ccc(-n3ncc4c3NC(=O)C[C@H]4c3ccc(OCc4ccc(Cl)cc4)cc3)nn12. The second-order valence-corrected chi connectivity index (χ2v) is 8.79. The highest BCUT2D eigenvalue weighted by Crippen LogP contribution is 2.38. The maximum Gasteiger partial charge on any atom is 0.226 e. The van der Waals surface area contributed by atoms with Crippen LogP contribution in [0.3, 0.4) is 0 Å². The average Bonchev–Trinajstić information content (AvgIpc) is 3.47. The fourth-order valence-corrected chi connectivity index (χ4v) is 4.36. The molecule has 1 aliphatic rings. The molecule has 35 heavy (non-hydrogen) atoms. The summed E-state index contributed by atoms with van der Waals surface area (Å²) in [7, 11) is 0. The zero-order chi connectivity index (χ0) is 23.9. The molecular weight excluding hydrogens is 466 g/mol. The van der Waals surface area contributed by atoms with Gasteiger partial charge in [-0.25, -0.2) is 0 Å². The van der Waals surface area contributed by atoms with E-state index in [1.165, 1.54) is 0 Å². The largest absolute Gasteiger partial charge is 0.489 e. The highest BCUT2D eigenvalue weighted by Gasteiger charge is 2.30. The molecule has 5 aromatic rings. The lowest BCUT2D eigenvalue weighted by atomic mass is 9.87. The summed E-state index contributed by atoms with van der Waals surface area (Å²) < 4.78 is 9.19. The Balaban J connectivity index is 1.26. The fourth-order valence-electron chi connectivity index (χ4n) is 4.23. The highest BCUT2D eigenvalue weighted by atomic mass is 35.5. The number of ether oxygens (including phenoxy) is 1. The number of nitrogens with one attached hydrogen (secondary N) is 1. The lowest BCUT2D eigenvalue weighted by Gasteiger charge is -2.23. The van der Waals surface area contributed by atoms with E-state index in [0.29, 0.717) is 41.2 Å². The van der Waals surface area contributed by atoms with Crippen molar-refractivity contribution in [3.8, 4) is 11.6 Å². The number of hydrogen-bond donors (Lipinski definition) is 1. The molecule has 0 radical (unpaired) electrons. The van der Waals surface area contributed by atoms with Gasteiger partial charge in [-0.15, -0.1) is 15.3 Å². The van der Waals surface area contributed by atoms with Crippen LogP contribution in [0.25, 0.3) is 11.5 Å². The van der Waals surface area contributed by atoms with E-state index in [9.17, 15) is 4.79 Å². The lowest BCUT2D eigenvalue weighted by molar-refractivity contribution is -0.116. The van der Waals surface area contributed by atoms with E-state index in [1.807, 2.05) is 61.5 Å². The molecule has 6 rings (SSSR count). The van der Waals surface area contributed by atoms with Crippen LogP contribution in [-0.4, -0.2) is 35.5 Å². The minimum atomic E-state index is -0.127. The van der Waals surface area contributed by atoms with E-state index < -0.39 is 0 Å². The summed E-state index contributed by atoms with van der Waals surface area (Å²) in [6.07, 6.45) is 2.12. The maximum atomic E-state index is 12.6. The third-order valence-corrected chi connectivity index (χ3v) is 6.30. The molecular formula is C25H20ClN7O2. The van der Waals surface area contributed by atoms with E-state index in [-0.39, 0.29) is 11.8 Å². The first-order chi connectivity index (χ1) is 17.0. The smallest absolute Gasteiger partial charge is 0.226 e. The Kier molecular flexibility index (Phi) is 5.18. The number of rotatable bonds is 5. The van der Waals surface area contributed by atoms with Gasteiger partial charge in [0.2, 0.25) is 5.91 Å². The Morgan fingerprint density at radius 1 is 1.06 bits per heavy atom. The molecule has 4 heterocycles. The number of aryl methyl sites for hydroxylation is 1. The van der Waals surface area contributed by atoms with Gasteiger partial charge in [0.1, 0.15) is 18.2 Å². The number of anilines is 1. The summed E-state index contributed by atoms with van der Waals surface area (Å²) in [5.41, 5.74) is 3.62. The second kappa shape index (κ2) is 8.52. The molecule has 1 N–H and O–H groups in total. The van der Waals surface area contributed by atoms with Crippen molar-refractivity contribution in [2.75, 3.05) is 5.32 Å². The predicted octanol–water partition coefficient (Wildman–Crippen LogP) is 4.32. The van der Waals surface area contributed by atoms with Gasteiger partial charge >= 0.3 is 0 Å². The van der Waals surface area contributed by atoms with Crippen molar-refractivity contribution in [2.24, 2.45) is 0 Å². The third kappa shape index (κ3) is 4.00. The Hall–Kier alpha value is -4.24. The first kappa shape index (κ1) is 21.3. The zero-order valence-corrected chi connectivity index (χ0v) is 19.5. The van der Waals surface area contributed by atoms with Crippen LogP contribution < -0.4 is 10.1 Å². The number of aromatic nitrogens is 6. The molecule has 2 aromatic carbocycles. The van der Waals surface area contributed by atoms with Crippen LogP contribution in [0.15, 0.2) is 66.9 Å². The number of halogens is 1. The van der Waals surface area contributed by atoms with Gasteiger partial charge in [0.05, 0.1) is 6.20 Å². The summed E-state index contributed by atoms with van der Waals surface area (Å²) in [5, 5.41) is 20.9. The molecule has 3 aromatic heterocycles. The molecule has 1 aliphatic heterocycles. The van der Waals surface area contributed by atoms with Gasteiger partial charge in [-0.1, -0.05) is 35.9 Å². The molecule has 0 saturated heterocycles. The number of carbonyl (C=O) groups excluding carboxylic acids is 1. The molecule has 0 aliphatic carbocycles. The Morgan fingerprint density at radius 3 is 2.66 bits per heavy atom. The molecule has 1 amide bonds. The predicted molar refractivity (Wildman–Crippen MR) is 130 cm³/mol. The first-order valence-electron chi connectivity index (χ1n) is 11.1. The van der Waals surface area contributed by atoms with Gasteiger partial charge in [0.25, 0.3) is 0 Å². The second-order valence-electron chi connectivity index (χ2n) is 8.36. The summed E-state index contributed by atoms with van der Waals surface area (Å²) in [5.74, 6) is 2.40. The minimum Gasteiger partial charge on any atom is -0.489 e. The van der Waals surface area contributed by atoms with Crippen LogP contribution in [-0.2, 0) is 11.4 Å². The Labute approximate surface area is 205 Å². The van der Waals surface area contributed by atoms with Gasteiger partial charge in [-0.2, -0.15) is 14.3 Å². The number of carbonyl (C=O) groups is 1. The van der Waals surface area contributed by atoms with Crippen molar-refractivity contribution in [1.29, 1.82) is 0 Å². The quantitative estimate of drug-likeness (QED) is 0.398. The van der Waals surface area contributed by atoms with E-state index in [1.54, 1.807) is 21.5 Å². The van der Waals surface area contributed by atoms with Crippen molar-refractivity contribution in [3.63, 3.8) is 0 Å². The van der Waals surface area contributed by atoms with E-state index in [0.717, 1.165) is 22.4 Å². The summed E-state index contributed by atoms with van der Waals surface area (Å²) in [6, 6.07) is 19.0. The molecule has 0 saturated carbocycles. The van der Waals surface area contributed by atoms with Gasteiger partial charge < -0.3 is 10.1 Å². The number of nitrogens with zero attached hydrogens (tertiary/aromatic N) is 6. The third-order valence-electron chi connectivity index (χ3n) is 6.04. The Bertz CT molecular complexity index is 1540. The Morgan fingerprint density at radius 2 is 1.86 bits per heavy atom. The first-order valence-corrected chi connectivity index (χ1v) is 11.5. The summed E-state index contributed by atoms with van der Waals surface area (Å²) in [4.78, 5) is 12.6. The van der Waals surface area contributed by atoms with E-state index in [2.05, 4.69) is 25.7 Å². The number of benzene rings is 2. The van der Waals surface area contributed by atoms with Crippen LogP contribution in [0.4, 0.5) is 5.82 Å². The van der Waals surface area contributed by atoms with Crippen LogP contribution in [0.2, 0.25) is 5.02 Å². The topological polar surface area (TPSA) is 99.2 Å². The molecule has 0 fully saturated rings. The molecule has 0 spiro atoms. The number of amides is 1. The van der Waals surface area contributed by atoms with Crippen molar-refractivity contribution >= 4 is 29.0 Å². The van der Waals surface area contributed by atoms with Crippen molar-refractivity contribution < 1.29 is 9.53 Å². The molecule has 0 bridgehead atoms. The molecule has 1 atom stereocenters. The molecule has 174 valence electrons. The van der Waals surface area contributed by atoms with Gasteiger partial charge in [0.15, 0.2) is 17.3 Å². The van der Waals surface area contributed by atoms with Crippen molar-refractivity contribution in [2.45, 2.75) is 25.9 Å². The monoisotopic (exact) mass is 485 g/mol. The van der Waals surface area contributed by atoms with Crippen LogP contribution in [0.1, 0.15) is 34.9 Å². The van der Waals surface area contributed by atoms with Crippen LogP contribution in [0, 0.1) is 6.92 Å². The lowest BCUT2D eigenvalue weighted by Crippen LogP contribution is -2.24. The standard InChI is InChI=1S/C25H20ClN7O2/c1-15-29-30-22-10-11-23(31-32(15)22)33-25-21(13-27-33)20(12-24(34)28-25)17-4-8-19(9-5-17)35-14-16-2-6-18(26)7-3-16/h2-11,13,20H,12,14H2,1H3,(H,28,34)/t20-/m0/s1. The van der Waals surface area contributed by atoms with E-state index >= 15 is 0 Å². The summed E-state index contributed by atoms with van der Waals surface area (Å²) in [6.45, 7) is 2.28. The van der Waals surface area contributed by atoms with Gasteiger partial charge in [0, 0.05) is 22.9 Å².